The molecule has 1 fully saturated rings. The van der Waals surface area contributed by atoms with Crippen LogP contribution in [0.2, 0.25) is 0 Å². The van der Waals surface area contributed by atoms with Gasteiger partial charge < -0.3 is 30.7 Å². The maximum Gasteiger partial charge on any atom is 0.302 e. The highest BCUT2D eigenvalue weighted by Crippen LogP contribution is 2.48. The maximum atomic E-state index is 11.8. The van der Waals surface area contributed by atoms with Crippen molar-refractivity contribution < 1.29 is 24.5 Å². The SMILES string of the molecule is CN=C(N)NC[C@H]1C[C@H]2C[C@@H](C=C[C@@]2(O)C[C@@H](CCc2ccc(O)c(OC)c2)OC(C)=O)[C@H]1C. The van der Waals surface area contributed by atoms with E-state index in [9.17, 15) is 15.0 Å². The summed E-state index contributed by atoms with van der Waals surface area (Å²) in [7, 11) is 3.17. The summed E-state index contributed by atoms with van der Waals surface area (Å²) < 4.78 is 10.8. The molecule has 8 heteroatoms. The van der Waals surface area contributed by atoms with Crippen LogP contribution in [0.1, 0.15) is 45.1 Å². The van der Waals surface area contributed by atoms with E-state index < -0.39 is 11.7 Å². The van der Waals surface area contributed by atoms with Gasteiger partial charge in [-0.25, -0.2) is 0 Å². The number of aryl methyl sites for hydroxylation is 1. The van der Waals surface area contributed by atoms with Gasteiger partial charge in [-0.1, -0.05) is 25.1 Å². The van der Waals surface area contributed by atoms with Crippen LogP contribution in [-0.4, -0.2) is 54.5 Å². The number of rotatable bonds is 9. The molecule has 1 aromatic carbocycles. The molecule has 0 saturated heterocycles. The van der Waals surface area contributed by atoms with Crippen LogP contribution < -0.4 is 15.8 Å². The first-order chi connectivity index (χ1) is 16.1. The molecule has 0 unspecified atom stereocenters. The molecule has 0 aliphatic heterocycles. The van der Waals surface area contributed by atoms with Crippen molar-refractivity contribution in [3.05, 3.63) is 35.9 Å². The number of nitrogens with zero attached hydrogens (tertiary/aromatic N) is 1. The molecule has 0 aromatic heterocycles. The lowest BCUT2D eigenvalue weighted by Crippen LogP contribution is -2.50. The predicted molar refractivity (Wildman–Crippen MR) is 132 cm³/mol. The molecule has 1 saturated carbocycles. The highest BCUT2D eigenvalue weighted by atomic mass is 16.5. The number of fused-ring (bicyclic) bond motifs is 2. The van der Waals surface area contributed by atoms with Gasteiger partial charge in [-0.3, -0.25) is 9.79 Å². The van der Waals surface area contributed by atoms with Crippen molar-refractivity contribution in [1.29, 1.82) is 0 Å². The largest absolute Gasteiger partial charge is 0.504 e. The fourth-order valence-corrected chi connectivity index (χ4v) is 5.48. The first kappa shape index (κ1) is 25.9. The molecule has 0 heterocycles. The number of nitrogens with one attached hydrogen (secondary N) is 1. The van der Waals surface area contributed by atoms with Crippen LogP contribution in [0.3, 0.4) is 0 Å². The van der Waals surface area contributed by atoms with Crippen molar-refractivity contribution >= 4 is 11.9 Å². The number of carbonyl (C=O) groups is 1. The van der Waals surface area contributed by atoms with Crippen LogP contribution in [-0.2, 0) is 16.0 Å². The third kappa shape index (κ3) is 6.23. The number of esters is 1. The fourth-order valence-electron chi connectivity index (χ4n) is 5.48. The molecule has 0 radical (unpaired) electrons. The second-order valence-corrected chi connectivity index (χ2v) is 9.77. The number of phenols is 1. The standard InChI is InChI=1S/C26H39N3O5/c1-16-19-9-10-26(32,21(12-19)13-20(16)15-29-25(27)28-3)14-22(34-17(2)30)7-5-18-6-8-23(31)24(11-18)33-4/h6,8-11,16,19-22,31-32H,5,7,12-15H2,1-4H3,(H3,27,28,29)/t16-,19-,20-,21-,22-,26-/m1/s1. The number of aliphatic imine (C=N–C) groups is 1. The smallest absolute Gasteiger partial charge is 0.302 e. The molecule has 6 atom stereocenters. The third-order valence-corrected chi connectivity index (χ3v) is 7.57. The molecule has 5 N–H and O–H groups in total. The normalized spacial score (nSPS) is 29.4. The van der Waals surface area contributed by atoms with Gasteiger partial charge in [0.15, 0.2) is 17.5 Å². The molecule has 8 nitrogen and oxygen atoms in total. The van der Waals surface area contributed by atoms with E-state index in [4.69, 9.17) is 15.2 Å². The van der Waals surface area contributed by atoms with Gasteiger partial charge in [-0.15, -0.1) is 0 Å². The Labute approximate surface area is 202 Å². The minimum absolute atomic E-state index is 0.0807. The average molecular weight is 474 g/mol. The molecule has 34 heavy (non-hydrogen) atoms. The Bertz CT molecular complexity index is 918. The number of benzene rings is 1. The van der Waals surface area contributed by atoms with Crippen LogP contribution >= 0.6 is 0 Å². The van der Waals surface area contributed by atoms with E-state index in [0.29, 0.717) is 48.7 Å². The molecule has 1 aromatic rings. The summed E-state index contributed by atoms with van der Waals surface area (Å²) in [6.45, 7) is 4.38. The number of nitrogens with two attached hydrogens (primary N) is 1. The Hall–Kier alpha value is -2.74. The van der Waals surface area contributed by atoms with Gasteiger partial charge in [0.1, 0.15) is 6.10 Å². The van der Waals surface area contributed by atoms with Crippen LogP contribution in [0.4, 0.5) is 0 Å². The maximum absolute atomic E-state index is 11.8. The number of carbonyl (C=O) groups excluding carboxylic acids is 1. The first-order valence-electron chi connectivity index (χ1n) is 12.1. The number of phenolic OH excluding ortho intramolecular Hbond substituents is 1. The molecule has 188 valence electrons. The van der Waals surface area contributed by atoms with Gasteiger partial charge >= 0.3 is 5.97 Å². The van der Waals surface area contributed by atoms with Gasteiger partial charge in [0.05, 0.1) is 12.7 Å². The molecule has 2 bridgehead atoms. The Morgan fingerprint density at radius 3 is 2.82 bits per heavy atom. The van der Waals surface area contributed by atoms with E-state index in [1.54, 1.807) is 19.2 Å². The summed E-state index contributed by atoms with van der Waals surface area (Å²) in [6, 6.07) is 5.21. The fraction of sp³-hybridized carbons (Fsp3) is 0.615. The van der Waals surface area contributed by atoms with Crippen molar-refractivity contribution in [2.75, 3.05) is 20.7 Å². The summed E-state index contributed by atoms with van der Waals surface area (Å²) in [5.74, 6) is 1.88. The number of methoxy groups -OCH3 is 1. The Morgan fingerprint density at radius 2 is 2.15 bits per heavy atom. The molecule has 0 spiro atoms. The van der Waals surface area contributed by atoms with E-state index in [1.165, 1.54) is 14.0 Å². The van der Waals surface area contributed by atoms with E-state index in [-0.39, 0.29) is 17.6 Å². The monoisotopic (exact) mass is 473 g/mol. The van der Waals surface area contributed by atoms with Gasteiger partial charge in [-0.2, -0.15) is 0 Å². The van der Waals surface area contributed by atoms with E-state index in [0.717, 1.165) is 24.9 Å². The minimum atomic E-state index is -1.04. The number of allylic oxidation sites excluding steroid dienone is 1. The highest BCUT2D eigenvalue weighted by molar-refractivity contribution is 5.77. The van der Waals surface area contributed by atoms with Crippen LogP contribution in [0.15, 0.2) is 35.3 Å². The first-order valence-corrected chi connectivity index (χ1v) is 12.1. The molecule has 2 aliphatic carbocycles. The zero-order valence-electron chi connectivity index (χ0n) is 20.7. The predicted octanol–water partition coefficient (Wildman–Crippen LogP) is 2.77. The summed E-state index contributed by atoms with van der Waals surface area (Å²) in [5, 5.41) is 24.7. The van der Waals surface area contributed by atoms with E-state index in [2.05, 4.69) is 23.3 Å². The van der Waals surface area contributed by atoms with Crippen molar-refractivity contribution in [3.8, 4) is 11.5 Å². The van der Waals surface area contributed by atoms with Crippen LogP contribution in [0.5, 0.6) is 11.5 Å². The molecule has 2 aliphatic rings. The van der Waals surface area contributed by atoms with Gasteiger partial charge in [0, 0.05) is 26.9 Å². The highest BCUT2D eigenvalue weighted by Gasteiger charge is 2.47. The topological polar surface area (TPSA) is 126 Å². The van der Waals surface area contributed by atoms with Crippen LogP contribution in [0, 0.1) is 23.7 Å². The van der Waals surface area contributed by atoms with Crippen LogP contribution in [0.25, 0.3) is 0 Å². The minimum Gasteiger partial charge on any atom is -0.504 e. The quantitative estimate of drug-likeness (QED) is 0.188. The summed E-state index contributed by atoms with van der Waals surface area (Å²) in [4.78, 5) is 15.8. The Morgan fingerprint density at radius 1 is 1.38 bits per heavy atom. The zero-order chi connectivity index (χ0) is 24.9. The number of aromatic hydroxyl groups is 1. The Balaban J connectivity index is 1.71. The zero-order valence-corrected chi connectivity index (χ0v) is 20.7. The number of hydrogen-bond donors (Lipinski definition) is 4. The summed E-state index contributed by atoms with van der Waals surface area (Å²) >= 11 is 0. The molecule has 0 amide bonds. The van der Waals surface area contributed by atoms with Gasteiger partial charge in [0.25, 0.3) is 0 Å². The van der Waals surface area contributed by atoms with Crippen molar-refractivity contribution in [1.82, 2.24) is 5.32 Å². The van der Waals surface area contributed by atoms with Crippen molar-refractivity contribution in [2.24, 2.45) is 34.4 Å². The third-order valence-electron chi connectivity index (χ3n) is 7.57. The van der Waals surface area contributed by atoms with E-state index in [1.807, 2.05) is 12.1 Å². The summed E-state index contributed by atoms with van der Waals surface area (Å²) in [5.41, 5.74) is 5.76. The van der Waals surface area contributed by atoms with Crippen molar-refractivity contribution in [3.63, 3.8) is 0 Å². The van der Waals surface area contributed by atoms with Crippen molar-refractivity contribution in [2.45, 2.75) is 57.7 Å². The second-order valence-electron chi connectivity index (χ2n) is 9.77. The van der Waals surface area contributed by atoms with Gasteiger partial charge in [0.2, 0.25) is 0 Å². The molecular weight excluding hydrogens is 434 g/mol. The Kier molecular flexibility index (Phi) is 8.47. The average Bonchev–Trinajstić information content (AvgIpc) is 2.80. The van der Waals surface area contributed by atoms with Gasteiger partial charge in [-0.05, 0) is 67.1 Å². The lowest BCUT2D eigenvalue weighted by molar-refractivity contribution is -0.151. The molecular formula is C26H39N3O5. The number of guanidine groups is 1. The van der Waals surface area contributed by atoms with E-state index >= 15 is 0 Å². The number of hydrogen-bond acceptors (Lipinski definition) is 6. The number of ether oxygens (including phenoxy) is 2. The summed E-state index contributed by atoms with van der Waals surface area (Å²) in [6.07, 6.45) is 6.97. The lowest BCUT2D eigenvalue weighted by atomic mass is 9.59. The lowest BCUT2D eigenvalue weighted by Gasteiger charge is -2.49. The number of aliphatic hydroxyl groups is 1. The molecule has 3 rings (SSSR count). The second kappa shape index (κ2) is 11.1.